The summed E-state index contributed by atoms with van der Waals surface area (Å²) in [4.78, 5) is 12.5. The number of hydrogen-bond acceptors (Lipinski definition) is 3. The van der Waals surface area contributed by atoms with Gasteiger partial charge in [0.15, 0.2) is 0 Å². The van der Waals surface area contributed by atoms with Gasteiger partial charge in [-0.25, -0.2) is 0 Å². The molecule has 140 valence electrons. The van der Waals surface area contributed by atoms with Crippen LogP contribution in [0.5, 0.6) is 5.75 Å². The summed E-state index contributed by atoms with van der Waals surface area (Å²) in [5.41, 5.74) is 0.808. The number of anilines is 1. The molecule has 0 saturated heterocycles. The number of halogens is 3. The third-order valence-corrected chi connectivity index (χ3v) is 4.08. The number of carbonyl (C=O) groups is 1. The minimum Gasteiger partial charge on any atom is -0.491 e. The standard InChI is InChI=1S/C20H17Cl3N2O2/c1-12(2)11-27-19-13(7-16(22)9-18(19)23)6-14(10-24)20(26)25-17-5-3-4-15(21)8-17/h3-9,12H,11H2,1-2H3,(H,25,26)/b14-6+. The first-order chi connectivity index (χ1) is 12.8. The average Bonchev–Trinajstić information content (AvgIpc) is 2.58. The van der Waals surface area contributed by atoms with Crippen molar-refractivity contribution in [1.82, 2.24) is 0 Å². The van der Waals surface area contributed by atoms with Crippen molar-refractivity contribution >= 4 is 52.5 Å². The van der Waals surface area contributed by atoms with Crippen LogP contribution in [0, 0.1) is 17.2 Å². The van der Waals surface area contributed by atoms with Gasteiger partial charge in [-0.3, -0.25) is 4.79 Å². The number of nitriles is 1. The first-order valence-corrected chi connectivity index (χ1v) is 9.24. The highest BCUT2D eigenvalue weighted by Gasteiger charge is 2.15. The van der Waals surface area contributed by atoms with Gasteiger partial charge in [0.25, 0.3) is 5.91 Å². The quantitative estimate of drug-likeness (QED) is 0.442. The highest BCUT2D eigenvalue weighted by molar-refractivity contribution is 6.36. The Balaban J connectivity index is 2.36. The lowest BCUT2D eigenvalue weighted by Crippen LogP contribution is -2.13. The lowest BCUT2D eigenvalue weighted by atomic mass is 10.1. The Bertz CT molecular complexity index is 918. The Morgan fingerprint density at radius 2 is 1.96 bits per heavy atom. The Morgan fingerprint density at radius 1 is 1.22 bits per heavy atom. The van der Waals surface area contributed by atoms with E-state index in [1.807, 2.05) is 19.9 Å². The first-order valence-electron chi connectivity index (χ1n) is 8.10. The molecule has 0 aliphatic rings. The Kier molecular flexibility index (Phi) is 7.55. The highest BCUT2D eigenvalue weighted by Crippen LogP contribution is 2.34. The maximum atomic E-state index is 12.5. The molecule has 0 radical (unpaired) electrons. The molecule has 0 unspecified atom stereocenters. The van der Waals surface area contributed by atoms with Crippen LogP contribution in [-0.2, 0) is 4.79 Å². The van der Waals surface area contributed by atoms with E-state index in [9.17, 15) is 10.1 Å². The molecule has 0 atom stereocenters. The van der Waals surface area contributed by atoms with Gasteiger partial charge in [-0.05, 0) is 42.3 Å². The third-order valence-electron chi connectivity index (χ3n) is 3.35. The summed E-state index contributed by atoms with van der Waals surface area (Å²) in [5, 5.41) is 13.2. The average molecular weight is 424 g/mol. The monoisotopic (exact) mass is 422 g/mol. The van der Waals surface area contributed by atoms with E-state index in [0.717, 1.165) is 0 Å². The van der Waals surface area contributed by atoms with Crippen molar-refractivity contribution in [3.63, 3.8) is 0 Å². The Hall–Kier alpha value is -2.19. The van der Waals surface area contributed by atoms with Gasteiger partial charge < -0.3 is 10.1 Å². The van der Waals surface area contributed by atoms with E-state index in [-0.39, 0.29) is 11.5 Å². The van der Waals surface area contributed by atoms with Gasteiger partial charge in [0.1, 0.15) is 17.4 Å². The second-order valence-corrected chi connectivity index (χ2v) is 7.43. The number of rotatable bonds is 6. The molecule has 27 heavy (non-hydrogen) atoms. The highest BCUT2D eigenvalue weighted by atomic mass is 35.5. The van der Waals surface area contributed by atoms with Crippen molar-refractivity contribution in [2.75, 3.05) is 11.9 Å². The van der Waals surface area contributed by atoms with Gasteiger partial charge >= 0.3 is 0 Å². The molecule has 7 heteroatoms. The third kappa shape index (κ3) is 6.18. The summed E-state index contributed by atoms with van der Waals surface area (Å²) < 4.78 is 5.75. The maximum Gasteiger partial charge on any atom is 0.266 e. The molecule has 2 aromatic carbocycles. The molecule has 0 aromatic heterocycles. The van der Waals surface area contributed by atoms with E-state index in [1.54, 1.807) is 36.4 Å². The topological polar surface area (TPSA) is 62.1 Å². The molecule has 0 saturated carbocycles. The van der Waals surface area contributed by atoms with E-state index >= 15 is 0 Å². The van der Waals surface area contributed by atoms with Crippen molar-refractivity contribution in [3.05, 3.63) is 62.6 Å². The number of nitrogens with zero attached hydrogens (tertiary/aromatic N) is 1. The van der Waals surface area contributed by atoms with Crippen molar-refractivity contribution in [2.24, 2.45) is 5.92 Å². The van der Waals surface area contributed by atoms with Crippen molar-refractivity contribution < 1.29 is 9.53 Å². The van der Waals surface area contributed by atoms with Crippen LogP contribution < -0.4 is 10.1 Å². The van der Waals surface area contributed by atoms with Crippen LogP contribution in [-0.4, -0.2) is 12.5 Å². The lowest BCUT2D eigenvalue weighted by molar-refractivity contribution is -0.112. The molecule has 2 rings (SSSR count). The van der Waals surface area contributed by atoms with Crippen molar-refractivity contribution in [3.8, 4) is 11.8 Å². The smallest absolute Gasteiger partial charge is 0.266 e. The van der Waals surface area contributed by atoms with Gasteiger partial charge in [-0.2, -0.15) is 5.26 Å². The number of benzene rings is 2. The molecule has 1 N–H and O–H groups in total. The Labute approximate surface area is 173 Å². The number of carbonyl (C=O) groups excluding carboxylic acids is 1. The molecular weight excluding hydrogens is 407 g/mol. The molecule has 0 aliphatic heterocycles. The SMILES string of the molecule is CC(C)COc1c(Cl)cc(Cl)cc1/C=C(\C#N)C(=O)Nc1cccc(Cl)c1. The molecule has 2 aromatic rings. The lowest BCUT2D eigenvalue weighted by Gasteiger charge is -2.14. The van der Waals surface area contributed by atoms with E-state index in [1.165, 1.54) is 6.08 Å². The van der Waals surface area contributed by atoms with Crippen LogP contribution >= 0.6 is 34.8 Å². The zero-order valence-corrected chi connectivity index (χ0v) is 17.0. The first kappa shape index (κ1) is 21.1. The van der Waals surface area contributed by atoms with Gasteiger partial charge in [0, 0.05) is 21.3 Å². The molecule has 0 aliphatic carbocycles. The zero-order valence-electron chi connectivity index (χ0n) is 14.7. The number of ether oxygens (including phenoxy) is 1. The molecule has 0 bridgehead atoms. The molecule has 0 fully saturated rings. The molecular formula is C20H17Cl3N2O2. The summed E-state index contributed by atoms with van der Waals surface area (Å²) in [6.07, 6.45) is 1.40. The van der Waals surface area contributed by atoms with Crippen LogP contribution in [0.2, 0.25) is 15.1 Å². The van der Waals surface area contributed by atoms with Crippen LogP contribution in [0.3, 0.4) is 0 Å². The normalized spacial score (nSPS) is 11.2. The maximum absolute atomic E-state index is 12.5. The summed E-state index contributed by atoms with van der Waals surface area (Å²) >= 11 is 18.2. The van der Waals surface area contributed by atoms with E-state index < -0.39 is 5.91 Å². The number of amides is 1. The fourth-order valence-corrected chi connectivity index (χ4v) is 2.91. The molecule has 0 heterocycles. The summed E-state index contributed by atoms with van der Waals surface area (Å²) in [5.74, 6) is 0.0684. The summed E-state index contributed by atoms with van der Waals surface area (Å²) in [6.45, 7) is 4.43. The molecule has 4 nitrogen and oxygen atoms in total. The largest absolute Gasteiger partial charge is 0.491 e. The minimum absolute atomic E-state index is 0.122. The van der Waals surface area contributed by atoms with Crippen LogP contribution in [0.4, 0.5) is 5.69 Å². The number of nitrogens with one attached hydrogen (secondary N) is 1. The van der Waals surface area contributed by atoms with E-state index in [0.29, 0.717) is 38.7 Å². The van der Waals surface area contributed by atoms with Crippen molar-refractivity contribution in [1.29, 1.82) is 5.26 Å². The van der Waals surface area contributed by atoms with E-state index in [4.69, 9.17) is 39.5 Å². The van der Waals surface area contributed by atoms with Gasteiger partial charge in [0.05, 0.1) is 11.6 Å². The van der Waals surface area contributed by atoms with Crippen LogP contribution in [0.25, 0.3) is 6.08 Å². The van der Waals surface area contributed by atoms with Gasteiger partial charge in [-0.15, -0.1) is 0 Å². The summed E-state index contributed by atoms with van der Waals surface area (Å²) in [6, 6.07) is 11.7. The van der Waals surface area contributed by atoms with Gasteiger partial charge in [0.2, 0.25) is 0 Å². The Morgan fingerprint density at radius 3 is 2.59 bits per heavy atom. The fraction of sp³-hybridized carbons (Fsp3) is 0.200. The fourth-order valence-electron chi connectivity index (χ4n) is 2.16. The number of hydrogen-bond donors (Lipinski definition) is 1. The molecule has 0 spiro atoms. The molecule has 1 amide bonds. The van der Waals surface area contributed by atoms with Gasteiger partial charge in [-0.1, -0.05) is 54.7 Å². The predicted octanol–water partition coefficient (Wildman–Crippen LogP) is 6.23. The minimum atomic E-state index is -0.578. The predicted molar refractivity (Wildman–Crippen MR) is 110 cm³/mol. The van der Waals surface area contributed by atoms with Crippen LogP contribution in [0.15, 0.2) is 42.0 Å². The second-order valence-electron chi connectivity index (χ2n) is 6.15. The zero-order chi connectivity index (χ0) is 20.0. The van der Waals surface area contributed by atoms with E-state index in [2.05, 4.69) is 5.32 Å². The second kappa shape index (κ2) is 9.66. The van der Waals surface area contributed by atoms with Crippen LogP contribution in [0.1, 0.15) is 19.4 Å². The summed E-state index contributed by atoms with van der Waals surface area (Å²) in [7, 11) is 0. The van der Waals surface area contributed by atoms with Crippen molar-refractivity contribution in [2.45, 2.75) is 13.8 Å².